The molecule has 2 nitrogen and oxygen atoms in total. The number of pyridine rings is 1. The second kappa shape index (κ2) is 3.74. The minimum atomic E-state index is 1.16. The van der Waals surface area contributed by atoms with Crippen molar-refractivity contribution in [2.75, 3.05) is 0 Å². The molecule has 17 heavy (non-hydrogen) atoms. The van der Waals surface area contributed by atoms with E-state index < -0.39 is 0 Å². The number of rotatable bonds is 1. The number of hydrogen-bond acceptors (Lipinski definition) is 1. The SMILES string of the molecule is Cc1ccc2cc(-c3cccnc3)n(C)c2c1. The van der Waals surface area contributed by atoms with Gasteiger partial charge in [0, 0.05) is 35.9 Å². The first-order chi connectivity index (χ1) is 8.25. The van der Waals surface area contributed by atoms with Crippen LogP contribution in [0.4, 0.5) is 0 Å². The van der Waals surface area contributed by atoms with E-state index in [1.54, 1.807) is 6.20 Å². The Morgan fingerprint density at radius 2 is 2.00 bits per heavy atom. The molecule has 1 aromatic carbocycles. The summed E-state index contributed by atoms with van der Waals surface area (Å²) in [5.41, 5.74) is 4.92. The van der Waals surface area contributed by atoms with Gasteiger partial charge in [-0.15, -0.1) is 0 Å². The lowest BCUT2D eigenvalue weighted by Crippen LogP contribution is -1.91. The summed E-state index contributed by atoms with van der Waals surface area (Å²) >= 11 is 0. The first-order valence-electron chi connectivity index (χ1n) is 5.72. The molecule has 0 aliphatic heterocycles. The van der Waals surface area contributed by atoms with Gasteiger partial charge < -0.3 is 4.57 Å². The zero-order valence-electron chi connectivity index (χ0n) is 10.0. The lowest BCUT2D eigenvalue weighted by molar-refractivity contribution is 0.976. The number of benzene rings is 1. The van der Waals surface area contributed by atoms with Crippen molar-refractivity contribution >= 4 is 10.9 Å². The van der Waals surface area contributed by atoms with Crippen LogP contribution in [0.3, 0.4) is 0 Å². The highest BCUT2D eigenvalue weighted by molar-refractivity contribution is 5.87. The lowest BCUT2D eigenvalue weighted by atomic mass is 10.1. The summed E-state index contributed by atoms with van der Waals surface area (Å²) in [5, 5.41) is 1.27. The summed E-state index contributed by atoms with van der Waals surface area (Å²) in [6.45, 7) is 2.12. The van der Waals surface area contributed by atoms with E-state index in [4.69, 9.17) is 0 Å². The fourth-order valence-corrected chi connectivity index (χ4v) is 2.23. The van der Waals surface area contributed by atoms with E-state index in [0.717, 1.165) is 5.56 Å². The van der Waals surface area contributed by atoms with Crippen LogP contribution in [-0.4, -0.2) is 9.55 Å². The maximum atomic E-state index is 4.18. The van der Waals surface area contributed by atoms with Crippen molar-refractivity contribution < 1.29 is 0 Å². The third kappa shape index (κ3) is 1.62. The van der Waals surface area contributed by atoms with Crippen molar-refractivity contribution in [2.45, 2.75) is 6.92 Å². The largest absolute Gasteiger partial charge is 0.344 e. The first kappa shape index (κ1) is 10.1. The average molecular weight is 222 g/mol. The number of nitrogens with zero attached hydrogens (tertiary/aromatic N) is 2. The third-order valence-electron chi connectivity index (χ3n) is 3.16. The normalized spacial score (nSPS) is 10.9. The van der Waals surface area contributed by atoms with Crippen LogP contribution < -0.4 is 0 Å². The minimum Gasteiger partial charge on any atom is -0.344 e. The number of aromatic nitrogens is 2. The van der Waals surface area contributed by atoms with Gasteiger partial charge in [-0.05, 0) is 36.8 Å². The Morgan fingerprint density at radius 1 is 1.12 bits per heavy atom. The monoisotopic (exact) mass is 222 g/mol. The quantitative estimate of drug-likeness (QED) is 0.615. The topological polar surface area (TPSA) is 17.8 Å². The van der Waals surface area contributed by atoms with Crippen molar-refractivity contribution in [3.8, 4) is 11.3 Å². The Hall–Kier alpha value is -2.09. The lowest BCUT2D eigenvalue weighted by Gasteiger charge is -2.03. The van der Waals surface area contributed by atoms with E-state index in [2.05, 4.69) is 53.9 Å². The summed E-state index contributed by atoms with van der Waals surface area (Å²) in [7, 11) is 2.10. The zero-order chi connectivity index (χ0) is 11.8. The standard InChI is InChI=1S/C15H14N2/c1-11-5-6-12-9-15(17(2)14(12)8-11)13-4-3-7-16-10-13/h3-10H,1-2H3. The molecular formula is C15H14N2. The molecule has 0 saturated heterocycles. The molecule has 0 bridgehead atoms. The Labute approximate surface area is 101 Å². The van der Waals surface area contributed by atoms with Crippen molar-refractivity contribution in [3.63, 3.8) is 0 Å². The molecule has 0 fully saturated rings. The van der Waals surface area contributed by atoms with Crippen LogP contribution in [0.2, 0.25) is 0 Å². The summed E-state index contributed by atoms with van der Waals surface area (Å²) in [4.78, 5) is 4.18. The van der Waals surface area contributed by atoms with Crippen LogP contribution in [0.5, 0.6) is 0 Å². The molecule has 2 aromatic heterocycles. The molecule has 2 heteroatoms. The molecule has 0 unspecified atom stereocenters. The predicted molar refractivity (Wildman–Crippen MR) is 70.9 cm³/mol. The van der Waals surface area contributed by atoms with Crippen LogP contribution in [0.15, 0.2) is 48.8 Å². The van der Waals surface area contributed by atoms with E-state index >= 15 is 0 Å². The Bertz CT molecular complexity index is 666. The summed E-state index contributed by atoms with van der Waals surface area (Å²) in [5.74, 6) is 0. The average Bonchev–Trinajstić information content (AvgIpc) is 2.68. The number of aryl methyl sites for hydroxylation is 2. The molecule has 84 valence electrons. The van der Waals surface area contributed by atoms with E-state index in [0.29, 0.717) is 0 Å². The summed E-state index contributed by atoms with van der Waals surface area (Å²) < 4.78 is 2.22. The van der Waals surface area contributed by atoms with E-state index in [1.165, 1.54) is 22.2 Å². The Balaban J connectivity index is 2.28. The number of fused-ring (bicyclic) bond motifs is 1. The van der Waals surface area contributed by atoms with Gasteiger partial charge in [-0.3, -0.25) is 4.98 Å². The third-order valence-corrected chi connectivity index (χ3v) is 3.16. The maximum Gasteiger partial charge on any atom is 0.0504 e. The van der Waals surface area contributed by atoms with Gasteiger partial charge in [-0.2, -0.15) is 0 Å². The molecule has 0 aliphatic carbocycles. The van der Waals surface area contributed by atoms with Gasteiger partial charge in [0.2, 0.25) is 0 Å². The molecule has 0 saturated carbocycles. The van der Waals surface area contributed by atoms with Gasteiger partial charge in [0.25, 0.3) is 0 Å². The molecule has 0 spiro atoms. The smallest absolute Gasteiger partial charge is 0.0504 e. The van der Waals surface area contributed by atoms with Gasteiger partial charge in [0.1, 0.15) is 0 Å². The van der Waals surface area contributed by atoms with Crippen molar-refractivity contribution in [3.05, 3.63) is 54.4 Å². The molecular weight excluding hydrogens is 208 g/mol. The van der Waals surface area contributed by atoms with Crippen LogP contribution in [0.1, 0.15) is 5.56 Å². The molecule has 2 heterocycles. The maximum absolute atomic E-state index is 4.18. The highest BCUT2D eigenvalue weighted by Gasteiger charge is 2.07. The molecule has 0 amide bonds. The highest BCUT2D eigenvalue weighted by atomic mass is 14.9. The van der Waals surface area contributed by atoms with Crippen LogP contribution >= 0.6 is 0 Å². The molecule has 0 atom stereocenters. The van der Waals surface area contributed by atoms with Crippen molar-refractivity contribution in [1.29, 1.82) is 0 Å². The predicted octanol–water partition coefficient (Wildman–Crippen LogP) is 3.55. The molecule has 0 N–H and O–H groups in total. The Kier molecular flexibility index (Phi) is 2.22. The Morgan fingerprint density at radius 3 is 2.76 bits per heavy atom. The second-order valence-electron chi connectivity index (χ2n) is 4.39. The second-order valence-corrected chi connectivity index (χ2v) is 4.39. The van der Waals surface area contributed by atoms with Crippen LogP contribution in [0.25, 0.3) is 22.2 Å². The molecule has 3 rings (SSSR count). The highest BCUT2D eigenvalue weighted by Crippen LogP contribution is 2.27. The minimum absolute atomic E-state index is 1.16. The van der Waals surface area contributed by atoms with Gasteiger partial charge in [0.15, 0.2) is 0 Å². The number of hydrogen-bond donors (Lipinski definition) is 0. The fourth-order valence-electron chi connectivity index (χ4n) is 2.23. The van der Waals surface area contributed by atoms with Crippen molar-refractivity contribution in [1.82, 2.24) is 9.55 Å². The van der Waals surface area contributed by atoms with Crippen LogP contribution in [-0.2, 0) is 7.05 Å². The zero-order valence-corrected chi connectivity index (χ0v) is 10.0. The molecule has 0 aliphatic rings. The van der Waals surface area contributed by atoms with Crippen molar-refractivity contribution in [2.24, 2.45) is 7.05 Å². The summed E-state index contributed by atoms with van der Waals surface area (Å²) in [6.07, 6.45) is 3.71. The van der Waals surface area contributed by atoms with E-state index in [9.17, 15) is 0 Å². The van der Waals surface area contributed by atoms with Gasteiger partial charge in [-0.1, -0.05) is 12.1 Å². The summed E-state index contributed by atoms with van der Waals surface area (Å²) in [6, 6.07) is 12.8. The molecule has 0 radical (unpaired) electrons. The van der Waals surface area contributed by atoms with Gasteiger partial charge in [0.05, 0.1) is 5.69 Å². The van der Waals surface area contributed by atoms with Crippen LogP contribution in [0, 0.1) is 6.92 Å². The fraction of sp³-hybridized carbons (Fsp3) is 0.133. The van der Waals surface area contributed by atoms with E-state index in [1.807, 2.05) is 12.3 Å². The van der Waals surface area contributed by atoms with Gasteiger partial charge in [-0.25, -0.2) is 0 Å². The van der Waals surface area contributed by atoms with E-state index in [-0.39, 0.29) is 0 Å². The van der Waals surface area contributed by atoms with Gasteiger partial charge >= 0.3 is 0 Å². The first-order valence-corrected chi connectivity index (χ1v) is 5.72. The molecule has 3 aromatic rings.